The molecule has 18 heavy (non-hydrogen) atoms. The van der Waals surface area contributed by atoms with Gasteiger partial charge in [-0.2, -0.15) is 0 Å². The van der Waals surface area contributed by atoms with Crippen molar-refractivity contribution in [1.29, 1.82) is 0 Å². The second-order valence-electron chi connectivity index (χ2n) is 4.32. The first-order chi connectivity index (χ1) is 8.66. The third-order valence-electron chi connectivity index (χ3n) is 2.99. The van der Waals surface area contributed by atoms with Crippen molar-refractivity contribution in [1.82, 2.24) is 14.5 Å². The number of benzene rings is 1. The monoisotopic (exact) mass is 239 g/mol. The van der Waals surface area contributed by atoms with Crippen LogP contribution in [0.2, 0.25) is 0 Å². The van der Waals surface area contributed by atoms with Crippen molar-refractivity contribution in [3.63, 3.8) is 0 Å². The predicted octanol–water partition coefficient (Wildman–Crippen LogP) is 2.74. The number of imidazole rings is 1. The molecule has 1 aromatic carbocycles. The van der Waals surface area contributed by atoms with Gasteiger partial charge in [0.1, 0.15) is 6.33 Å². The van der Waals surface area contributed by atoms with Gasteiger partial charge in [0, 0.05) is 5.69 Å². The van der Waals surface area contributed by atoms with Crippen molar-refractivity contribution in [2.75, 3.05) is 0 Å². The minimum Gasteiger partial charge on any atom is -0.504 e. The Bertz CT molecular complexity index is 731. The molecular formula is C14H13N3O. The van der Waals surface area contributed by atoms with Gasteiger partial charge < -0.3 is 5.11 Å². The fourth-order valence-electron chi connectivity index (χ4n) is 2.14. The van der Waals surface area contributed by atoms with E-state index in [9.17, 15) is 5.11 Å². The minimum absolute atomic E-state index is 0.198. The normalized spacial score (nSPS) is 11.0. The molecule has 3 aromatic rings. The maximum atomic E-state index is 10.1. The molecule has 4 heteroatoms. The largest absolute Gasteiger partial charge is 0.504 e. The van der Waals surface area contributed by atoms with Crippen LogP contribution in [0.5, 0.6) is 5.75 Å². The Morgan fingerprint density at radius 2 is 1.94 bits per heavy atom. The van der Waals surface area contributed by atoms with Gasteiger partial charge in [0.2, 0.25) is 0 Å². The van der Waals surface area contributed by atoms with Crippen molar-refractivity contribution in [3.05, 3.63) is 48.0 Å². The Labute approximate surface area is 105 Å². The van der Waals surface area contributed by atoms with Crippen LogP contribution in [0.15, 0.2) is 36.7 Å². The maximum Gasteiger partial charge on any atom is 0.161 e. The third-order valence-corrected chi connectivity index (χ3v) is 2.99. The van der Waals surface area contributed by atoms with Crippen LogP contribution in [0.4, 0.5) is 0 Å². The summed E-state index contributed by atoms with van der Waals surface area (Å²) in [5.41, 5.74) is 4.09. The molecule has 0 radical (unpaired) electrons. The number of pyridine rings is 1. The van der Waals surface area contributed by atoms with E-state index in [4.69, 9.17) is 0 Å². The lowest BCUT2D eigenvalue weighted by Crippen LogP contribution is -1.97. The summed E-state index contributed by atoms with van der Waals surface area (Å²) in [4.78, 5) is 8.57. The van der Waals surface area contributed by atoms with E-state index in [-0.39, 0.29) is 5.75 Å². The average Bonchev–Trinajstić information content (AvgIpc) is 2.77. The van der Waals surface area contributed by atoms with Crippen LogP contribution in [0.1, 0.15) is 11.4 Å². The number of aromatic nitrogens is 3. The number of rotatable bonds is 1. The average molecular weight is 239 g/mol. The highest BCUT2D eigenvalue weighted by Crippen LogP contribution is 2.28. The van der Waals surface area contributed by atoms with Gasteiger partial charge in [-0.05, 0) is 32.0 Å². The topological polar surface area (TPSA) is 50.9 Å². The quantitative estimate of drug-likeness (QED) is 0.710. The van der Waals surface area contributed by atoms with Crippen LogP contribution in [-0.2, 0) is 0 Å². The first-order valence-corrected chi connectivity index (χ1v) is 5.76. The molecule has 90 valence electrons. The number of hydrogen-bond donors (Lipinski definition) is 1. The van der Waals surface area contributed by atoms with Crippen LogP contribution in [0.25, 0.3) is 16.7 Å². The Balaban J connectivity index is 2.33. The molecule has 0 bridgehead atoms. The first-order valence-electron chi connectivity index (χ1n) is 5.76. The maximum absolute atomic E-state index is 10.1. The number of para-hydroxylation sites is 2. The van der Waals surface area contributed by atoms with Crippen molar-refractivity contribution < 1.29 is 5.11 Å². The lowest BCUT2D eigenvalue weighted by Gasteiger charge is -2.09. The number of fused-ring (bicyclic) bond motifs is 1. The van der Waals surface area contributed by atoms with E-state index in [1.165, 1.54) is 0 Å². The number of nitrogens with zero attached hydrogens (tertiary/aromatic N) is 3. The van der Waals surface area contributed by atoms with Crippen molar-refractivity contribution in [2.45, 2.75) is 13.8 Å². The standard InChI is InChI=1S/C14H13N3O/c1-9-7-13(14(18)10(2)16-9)17-8-15-11-5-3-4-6-12(11)17/h3-8,18H,1-2H3. The van der Waals surface area contributed by atoms with Gasteiger partial charge in [0.05, 0.1) is 22.4 Å². The highest BCUT2D eigenvalue weighted by molar-refractivity contribution is 5.78. The molecule has 0 amide bonds. The Morgan fingerprint density at radius 3 is 2.78 bits per heavy atom. The molecule has 0 unspecified atom stereocenters. The molecule has 0 spiro atoms. The second kappa shape index (κ2) is 3.84. The summed E-state index contributed by atoms with van der Waals surface area (Å²) in [7, 11) is 0. The molecular weight excluding hydrogens is 226 g/mol. The predicted molar refractivity (Wildman–Crippen MR) is 70.0 cm³/mol. The molecule has 0 saturated heterocycles. The van der Waals surface area contributed by atoms with Gasteiger partial charge in [0.15, 0.2) is 5.75 Å². The van der Waals surface area contributed by atoms with E-state index in [1.54, 1.807) is 13.3 Å². The molecule has 4 nitrogen and oxygen atoms in total. The molecule has 0 aliphatic carbocycles. The molecule has 0 aliphatic heterocycles. The third kappa shape index (κ3) is 1.54. The van der Waals surface area contributed by atoms with E-state index in [1.807, 2.05) is 41.8 Å². The van der Waals surface area contributed by atoms with Gasteiger partial charge in [-0.3, -0.25) is 9.55 Å². The number of aromatic hydroxyl groups is 1. The first kappa shape index (κ1) is 10.8. The fourth-order valence-corrected chi connectivity index (χ4v) is 2.14. The molecule has 0 atom stereocenters. The van der Waals surface area contributed by atoms with Gasteiger partial charge in [-0.1, -0.05) is 12.1 Å². The zero-order chi connectivity index (χ0) is 12.7. The minimum atomic E-state index is 0.198. The van der Waals surface area contributed by atoms with Crippen molar-refractivity contribution in [3.8, 4) is 11.4 Å². The van der Waals surface area contributed by atoms with Crippen LogP contribution < -0.4 is 0 Å². The summed E-state index contributed by atoms with van der Waals surface area (Å²) in [6.07, 6.45) is 1.72. The van der Waals surface area contributed by atoms with E-state index in [2.05, 4.69) is 9.97 Å². The summed E-state index contributed by atoms with van der Waals surface area (Å²) < 4.78 is 1.88. The van der Waals surface area contributed by atoms with Gasteiger partial charge in [-0.15, -0.1) is 0 Å². The van der Waals surface area contributed by atoms with Gasteiger partial charge in [0.25, 0.3) is 0 Å². The van der Waals surface area contributed by atoms with E-state index < -0.39 is 0 Å². The molecule has 1 N–H and O–H groups in total. The van der Waals surface area contributed by atoms with Crippen LogP contribution in [-0.4, -0.2) is 19.6 Å². The summed E-state index contributed by atoms with van der Waals surface area (Å²) in [6.45, 7) is 3.71. The molecule has 0 aliphatic rings. The van der Waals surface area contributed by atoms with Crippen molar-refractivity contribution >= 4 is 11.0 Å². The zero-order valence-electron chi connectivity index (χ0n) is 10.3. The molecule has 0 fully saturated rings. The molecule has 0 saturated carbocycles. The van der Waals surface area contributed by atoms with Crippen LogP contribution >= 0.6 is 0 Å². The van der Waals surface area contributed by atoms with Crippen LogP contribution in [0.3, 0.4) is 0 Å². The summed E-state index contributed by atoms with van der Waals surface area (Å²) in [6, 6.07) is 9.69. The molecule has 2 aromatic heterocycles. The Kier molecular flexibility index (Phi) is 2.30. The lowest BCUT2D eigenvalue weighted by atomic mass is 10.2. The second-order valence-corrected chi connectivity index (χ2v) is 4.32. The highest BCUT2D eigenvalue weighted by atomic mass is 16.3. The SMILES string of the molecule is Cc1cc(-n2cnc3ccccc32)c(O)c(C)n1. The summed E-state index contributed by atoms with van der Waals surface area (Å²) in [5.74, 6) is 0.198. The smallest absolute Gasteiger partial charge is 0.161 e. The van der Waals surface area contributed by atoms with E-state index in [0.717, 1.165) is 16.7 Å². The zero-order valence-corrected chi connectivity index (χ0v) is 10.3. The highest BCUT2D eigenvalue weighted by Gasteiger charge is 2.11. The fraction of sp³-hybridized carbons (Fsp3) is 0.143. The molecule has 2 heterocycles. The Morgan fingerprint density at radius 1 is 1.17 bits per heavy atom. The van der Waals surface area contributed by atoms with Crippen LogP contribution in [0, 0.1) is 13.8 Å². The van der Waals surface area contributed by atoms with Gasteiger partial charge in [-0.25, -0.2) is 4.98 Å². The lowest BCUT2D eigenvalue weighted by molar-refractivity contribution is 0.464. The molecule has 3 rings (SSSR count). The summed E-state index contributed by atoms with van der Waals surface area (Å²) in [5, 5.41) is 10.1. The van der Waals surface area contributed by atoms with E-state index in [0.29, 0.717) is 11.4 Å². The number of aryl methyl sites for hydroxylation is 2. The van der Waals surface area contributed by atoms with Gasteiger partial charge >= 0.3 is 0 Å². The van der Waals surface area contributed by atoms with Crippen molar-refractivity contribution in [2.24, 2.45) is 0 Å². The summed E-state index contributed by atoms with van der Waals surface area (Å²) >= 11 is 0. The number of hydrogen-bond acceptors (Lipinski definition) is 3. The van der Waals surface area contributed by atoms with E-state index >= 15 is 0 Å². The Hall–Kier alpha value is -2.36.